The summed E-state index contributed by atoms with van der Waals surface area (Å²) in [5.41, 5.74) is 0. The van der Waals surface area contributed by atoms with Crippen LogP contribution in [0.15, 0.2) is 18.7 Å². The van der Waals surface area contributed by atoms with Gasteiger partial charge in [0.25, 0.3) is 0 Å². The molecule has 0 fully saturated rings. The Balaban J connectivity index is -0.000000208. The van der Waals surface area contributed by atoms with Crippen molar-refractivity contribution in [3.8, 4) is 0 Å². The fourth-order valence-electron chi connectivity index (χ4n) is 0.677. The first-order chi connectivity index (χ1) is 6.88. The van der Waals surface area contributed by atoms with E-state index in [4.69, 9.17) is 9.90 Å². The van der Waals surface area contributed by atoms with Gasteiger partial charge in [0.1, 0.15) is 0 Å². The smallest absolute Gasteiger partial charge is 0.475 e. The van der Waals surface area contributed by atoms with Crippen molar-refractivity contribution in [2.45, 2.75) is 26.1 Å². The summed E-state index contributed by atoms with van der Waals surface area (Å²) >= 11 is 0. The molecule has 0 aliphatic rings. The molecule has 0 aliphatic carbocycles. The van der Waals surface area contributed by atoms with Crippen LogP contribution in [0.2, 0.25) is 0 Å². The van der Waals surface area contributed by atoms with Gasteiger partial charge in [-0.05, 0) is 6.42 Å². The number of aliphatic carboxylic acids is 1. The van der Waals surface area contributed by atoms with Gasteiger partial charge in [-0.15, -0.1) is 0 Å². The monoisotopic (exact) mass is 299 g/mol. The standard InChI is InChI=1S/C6H10N2.C2HF3O2.F.Fe/c1-2-4-8-5-3-7-6-8;3-2(4,5)1(6)7;;/h3,5-6H,2,4H2,1H3;(H,6,7);;. The van der Waals surface area contributed by atoms with Crippen LogP contribution < -0.4 is 0 Å². The summed E-state index contributed by atoms with van der Waals surface area (Å²) in [4.78, 5) is 12.8. The number of nitrogens with zero attached hydrogens (tertiary/aromatic N) is 2. The van der Waals surface area contributed by atoms with Crippen molar-refractivity contribution in [3.05, 3.63) is 18.7 Å². The Bertz CT molecular complexity index is 290. The van der Waals surface area contributed by atoms with E-state index < -0.39 is 12.1 Å². The molecule has 0 saturated heterocycles. The Kier molecular flexibility index (Phi) is 12.6. The van der Waals surface area contributed by atoms with E-state index in [1.807, 2.05) is 12.5 Å². The molecule has 0 aliphatic heterocycles. The normalized spacial score (nSPS) is 9.18. The Morgan fingerprint density at radius 1 is 1.47 bits per heavy atom. The molecule has 1 aromatic heterocycles. The summed E-state index contributed by atoms with van der Waals surface area (Å²) < 4.78 is 33.8. The van der Waals surface area contributed by atoms with E-state index >= 15 is 0 Å². The molecule has 0 atom stereocenters. The third kappa shape index (κ3) is 11.2. The van der Waals surface area contributed by atoms with Crippen molar-refractivity contribution in [3.63, 3.8) is 0 Å². The number of aromatic nitrogens is 2. The Morgan fingerprint density at radius 2 is 1.94 bits per heavy atom. The van der Waals surface area contributed by atoms with E-state index in [0.717, 1.165) is 6.54 Å². The average molecular weight is 299 g/mol. The third-order valence-electron chi connectivity index (χ3n) is 1.28. The quantitative estimate of drug-likeness (QED) is 0.673. The maximum atomic E-state index is 10.6. The van der Waals surface area contributed by atoms with Crippen LogP contribution in [0.25, 0.3) is 0 Å². The minimum atomic E-state index is -5.08. The fourth-order valence-corrected chi connectivity index (χ4v) is 0.677. The van der Waals surface area contributed by atoms with Gasteiger partial charge < -0.3 is 9.67 Å². The zero-order chi connectivity index (χ0) is 11.9. The predicted octanol–water partition coefficient (Wildman–Crippen LogP) is 2.34. The molecule has 101 valence electrons. The van der Waals surface area contributed by atoms with E-state index in [-0.39, 0.29) is 21.8 Å². The number of halogens is 4. The molecule has 9 heteroatoms. The molecule has 0 spiro atoms. The summed E-state index contributed by atoms with van der Waals surface area (Å²) in [6.45, 7) is 3.24. The molecule has 0 unspecified atom stereocenters. The van der Waals surface area contributed by atoms with E-state index in [2.05, 4.69) is 16.5 Å². The van der Waals surface area contributed by atoms with Crippen LogP contribution in [-0.2, 0) is 28.4 Å². The van der Waals surface area contributed by atoms with Crippen molar-refractivity contribution in [2.24, 2.45) is 0 Å². The molecule has 1 radical (unpaired) electrons. The molecule has 1 aromatic rings. The first-order valence-electron chi connectivity index (χ1n) is 4.13. The second-order valence-electron chi connectivity index (χ2n) is 2.60. The van der Waals surface area contributed by atoms with Crippen molar-refractivity contribution < 1.29 is 44.8 Å². The first-order valence-corrected chi connectivity index (χ1v) is 4.13. The molecule has 0 bridgehead atoms. The van der Waals surface area contributed by atoms with Gasteiger partial charge in [-0.1, -0.05) is 6.92 Å². The zero-order valence-electron chi connectivity index (χ0n) is 8.76. The number of hydrogen-bond donors (Lipinski definition) is 1. The second kappa shape index (κ2) is 10.1. The van der Waals surface area contributed by atoms with Gasteiger partial charge in [-0.3, -0.25) is 0 Å². The van der Waals surface area contributed by atoms with Crippen LogP contribution >= 0.6 is 0 Å². The number of carbonyl (C=O) groups is 1. The van der Waals surface area contributed by atoms with Crippen LogP contribution in [0, 0.1) is 0 Å². The average Bonchev–Trinajstić information content (AvgIpc) is 2.57. The topological polar surface area (TPSA) is 55.1 Å². The summed E-state index contributed by atoms with van der Waals surface area (Å²) in [5.74, 6) is -2.76. The summed E-state index contributed by atoms with van der Waals surface area (Å²) in [6.07, 6.45) is 1.71. The molecule has 1 N–H and O–H groups in total. The van der Waals surface area contributed by atoms with Crippen molar-refractivity contribution in [2.75, 3.05) is 0 Å². The number of carboxylic acid groups (broad SMARTS) is 1. The molecule has 0 amide bonds. The van der Waals surface area contributed by atoms with Gasteiger partial charge in [0, 0.05) is 40.7 Å². The number of alkyl halides is 3. The minimum absolute atomic E-state index is 0. The van der Waals surface area contributed by atoms with E-state index in [0.29, 0.717) is 0 Å². The van der Waals surface area contributed by atoms with Crippen molar-refractivity contribution in [1.82, 2.24) is 9.55 Å². The maximum absolute atomic E-state index is 10.6. The minimum Gasteiger partial charge on any atom is -0.475 e. The number of aryl methyl sites for hydroxylation is 1. The van der Waals surface area contributed by atoms with Gasteiger partial charge in [0.15, 0.2) is 0 Å². The fraction of sp³-hybridized carbons (Fsp3) is 0.500. The molecule has 1 rings (SSSR count). The molecule has 0 saturated carbocycles. The van der Waals surface area contributed by atoms with E-state index in [1.165, 1.54) is 6.42 Å². The van der Waals surface area contributed by atoms with Crippen molar-refractivity contribution in [1.29, 1.82) is 0 Å². The molecular formula is C8H11F4FeN2O2. The van der Waals surface area contributed by atoms with Gasteiger partial charge in [-0.2, -0.15) is 13.2 Å². The van der Waals surface area contributed by atoms with Crippen molar-refractivity contribution >= 4 is 5.97 Å². The van der Waals surface area contributed by atoms with Crippen LogP contribution in [0.4, 0.5) is 17.9 Å². The van der Waals surface area contributed by atoms with E-state index in [1.54, 1.807) is 6.20 Å². The second-order valence-corrected chi connectivity index (χ2v) is 2.60. The number of hydrogen-bond acceptors (Lipinski definition) is 2. The zero-order valence-corrected chi connectivity index (χ0v) is 9.87. The van der Waals surface area contributed by atoms with Crippen LogP contribution in [0.5, 0.6) is 0 Å². The number of imidazole rings is 1. The Morgan fingerprint density at radius 3 is 2.18 bits per heavy atom. The summed E-state index contributed by atoms with van der Waals surface area (Å²) in [7, 11) is 0. The largest absolute Gasteiger partial charge is 0.490 e. The van der Waals surface area contributed by atoms with Gasteiger partial charge in [0.2, 0.25) is 0 Å². The molecule has 17 heavy (non-hydrogen) atoms. The van der Waals surface area contributed by atoms with Gasteiger partial charge >= 0.3 is 12.1 Å². The first kappa shape index (κ1) is 21.2. The third-order valence-corrected chi connectivity index (χ3v) is 1.28. The number of rotatable bonds is 2. The Labute approximate surface area is 106 Å². The van der Waals surface area contributed by atoms with Crippen LogP contribution in [0.1, 0.15) is 13.3 Å². The Hall–Kier alpha value is -1.08. The summed E-state index contributed by atoms with van der Waals surface area (Å²) in [5, 5.41) is 7.12. The predicted molar refractivity (Wildman–Crippen MR) is 47.3 cm³/mol. The molecular weight excluding hydrogens is 288 g/mol. The van der Waals surface area contributed by atoms with Gasteiger partial charge in [0.05, 0.1) is 6.33 Å². The molecule has 4 nitrogen and oxygen atoms in total. The molecule has 1 heterocycles. The maximum Gasteiger partial charge on any atom is 0.490 e. The van der Waals surface area contributed by atoms with Gasteiger partial charge in [-0.25, -0.2) is 9.78 Å². The summed E-state index contributed by atoms with van der Waals surface area (Å²) in [6, 6.07) is 0. The SMILES string of the molecule is CCCn1ccnc1.O=C(O)C(F)(F)F.[F].[Fe]. The number of carboxylic acids is 1. The van der Waals surface area contributed by atoms with E-state index in [9.17, 15) is 13.2 Å². The van der Waals surface area contributed by atoms with Crippen LogP contribution in [0.3, 0.4) is 0 Å². The molecule has 0 aromatic carbocycles. The van der Waals surface area contributed by atoms with Crippen LogP contribution in [-0.4, -0.2) is 26.8 Å².